The van der Waals surface area contributed by atoms with E-state index in [-0.39, 0.29) is 12.5 Å². The summed E-state index contributed by atoms with van der Waals surface area (Å²) in [6.45, 7) is 3.94. The number of hydrogen-bond donors (Lipinski definition) is 1. The van der Waals surface area contributed by atoms with Gasteiger partial charge in [-0.3, -0.25) is 4.79 Å². The molecule has 0 saturated carbocycles. The van der Waals surface area contributed by atoms with Crippen molar-refractivity contribution in [2.24, 2.45) is 0 Å². The van der Waals surface area contributed by atoms with Crippen molar-refractivity contribution < 1.29 is 14.6 Å². The predicted molar refractivity (Wildman–Crippen MR) is 70.2 cm³/mol. The Morgan fingerprint density at radius 2 is 2.26 bits per heavy atom. The molecule has 0 atom stereocenters. The first-order valence-electron chi connectivity index (χ1n) is 6.53. The third-order valence-corrected chi connectivity index (χ3v) is 3.20. The van der Waals surface area contributed by atoms with Crippen LogP contribution < -0.4 is 4.90 Å². The van der Waals surface area contributed by atoms with E-state index in [0.29, 0.717) is 6.61 Å². The molecule has 1 saturated heterocycles. The summed E-state index contributed by atoms with van der Waals surface area (Å²) >= 11 is 0. The Bertz CT molecular complexity index is 431. The lowest BCUT2D eigenvalue weighted by molar-refractivity contribution is -0.138. The monoisotopic (exact) mass is 265 g/mol. The van der Waals surface area contributed by atoms with Gasteiger partial charge in [-0.1, -0.05) is 0 Å². The normalized spacial score (nSPS) is 16.6. The van der Waals surface area contributed by atoms with Gasteiger partial charge in [0.1, 0.15) is 11.6 Å². The highest BCUT2D eigenvalue weighted by molar-refractivity contribution is 5.66. The molecule has 0 aromatic carbocycles. The molecule has 104 valence electrons. The zero-order chi connectivity index (χ0) is 13.7. The Kier molecular flexibility index (Phi) is 4.68. The van der Waals surface area contributed by atoms with Crippen molar-refractivity contribution in [1.29, 1.82) is 0 Å². The molecule has 0 bridgehead atoms. The van der Waals surface area contributed by atoms with Crippen LogP contribution in [0.3, 0.4) is 0 Å². The molecule has 2 rings (SSSR count). The Morgan fingerprint density at radius 3 is 2.89 bits per heavy atom. The quantitative estimate of drug-likeness (QED) is 0.863. The second kappa shape index (κ2) is 6.47. The van der Waals surface area contributed by atoms with Crippen molar-refractivity contribution in [3.05, 3.63) is 18.1 Å². The Labute approximate surface area is 112 Å². The van der Waals surface area contributed by atoms with Crippen LogP contribution in [0.5, 0.6) is 0 Å². The van der Waals surface area contributed by atoms with E-state index in [1.807, 2.05) is 13.0 Å². The summed E-state index contributed by atoms with van der Waals surface area (Å²) in [7, 11) is 0. The number of ether oxygens (including phenoxy) is 1. The summed E-state index contributed by atoms with van der Waals surface area (Å²) in [5.74, 6) is 0.919. The number of carboxylic acid groups (broad SMARTS) is 1. The average molecular weight is 265 g/mol. The van der Waals surface area contributed by atoms with Crippen molar-refractivity contribution in [1.82, 2.24) is 9.97 Å². The van der Waals surface area contributed by atoms with Gasteiger partial charge in [0, 0.05) is 19.3 Å². The second-order valence-corrected chi connectivity index (χ2v) is 4.66. The van der Waals surface area contributed by atoms with Gasteiger partial charge in [-0.25, -0.2) is 9.97 Å². The van der Waals surface area contributed by atoms with Crippen LogP contribution in [0.4, 0.5) is 5.82 Å². The number of carboxylic acids is 1. The molecular formula is C13H19N3O3. The minimum absolute atomic E-state index is 0.0747. The van der Waals surface area contributed by atoms with Gasteiger partial charge in [-0.05, 0) is 25.8 Å². The van der Waals surface area contributed by atoms with E-state index in [2.05, 4.69) is 14.9 Å². The first kappa shape index (κ1) is 13.7. The van der Waals surface area contributed by atoms with E-state index >= 15 is 0 Å². The molecule has 1 aliphatic rings. The van der Waals surface area contributed by atoms with Gasteiger partial charge in [0.2, 0.25) is 0 Å². The lowest BCUT2D eigenvalue weighted by Gasteiger charge is -2.32. The second-order valence-electron chi connectivity index (χ2n) is 4.66. The minimum atomic E-state index is -0.811. The summed E-state index contributed by atoms with van der Waals surface area (Å²) in [5, 5.41) is 8.56. The summed E-state index contributed by atoms with van der Waals surface area (Å²) in [6.07, 6.45) is 3.82. The van der Waals surface area contributed by atoms with E-state index < -0.39 is 5.97 Å². The van der Waals surface area contributed by atoms with E-state index in [9.17, 15) is 4.79 Å². The molecule has 2 heterocycles. The van der Waals surface area contributed by atoms with Crippen LogP contribution in [0.25, 0.3) is 0 Å². The summed E-state index contributed by atoms with van der Waals surface area (Å²) < 4.78 is 5.56. The molecule has 19 heavy (non-hydrogen) atoms. The van der Waals surface area contributed by atoms with Crippen molar-refractivity contribution in [2.75, 3.05) is 24.6 Å². The maximum Gasteiger partial charge on any atom is 0.305 e. The summed E-state index contributed by atoms with van der Waals surface area (Å²) in [5.41, 5.74) is 0. The molecular weight excluding hydrogens is 246 g/mol. The first-order chi connectivity index (χ1) is 9.15. The van der Waals surface area contributed by atoms with Crippen LogP contribution in [0.1, 0.15) is 25.1 Å². The third kappa shape index (κ3) is 4.17. The maximum absolute atomic E-state index is 10.4. The number of carbonyl (C=O) groups is 1. The molecule has 0 spiro atoms. The highest BCUT2D eigenvalue weighted by Gasteiger charge is 2.20. The number of piperidine rings is 1. The number of hydrogen-bond acceptors (Lipinski definition) is 5. The molecule has 1 aliphatic heterocycles. The molecule has 6 nitrogen and oxygen atoms in total. The Hall–Kier alpha value is -1.69. The highest BCUT2D eigenvalue weighted by Crippen LogP contribution is 2.19. The molecule has 1 aromatic rings. The van der Waals surface area contributed by atoms with Crippen molar-refractivity contribution >= 4 is 11.8 Å². The van der Waals surface area contributed by atoms with E-state index in [4.69, 9.17) is 9.84 Å². The molecule has 6 heteroatoms. The molecule has 1 fully saturated rings. The fraction of sp³-hybridized carbons (Fsp3) is 0.615. The number of aliphatic carboxylic acids is 1. The lowest BCUT2D eigenvalue weighted by Crippen LogP contribution is -2.37. The molecule has 1 N–H and O–H groups in total. The fourth-order valence-electron chi connectivity index (χ4n) is 2.18. The van der Waals surface area contributed by atoms with Gasteiger partial charge in [0.25, 0.3) is 0 Å². The summed E-state index contributed by atoms with van der Waals surface area (Å²) in [4.78, 5) is 21.1. The van der Waals surface area contributed by atoms with E-state index in [1.165, 1.54) is 0 Å². The van der Waals surface area contributed by atoms with Crippen LogP contribution in [-0.2, 0) is 9.53 Å². The van der Waals surface area contributed by atoms with Crippen LogP contribution >= 0.6 is 0 Å². The Morgan fingerprint density at radius 1 is 1.53 bits per heavy atom. The zero-order valence-corrected chi connectivity index (χ0v) is 11.1. The fourth-order valence-corrected chi connectivity index (χ4v) is 2.18. The zero-order valence-electron chi connectivity index (χ0n) is 11.1. The highest BCUT2D eigenvalue weighted by atomic mass is 16.5. The van der Waals surface area contributed by atoms with Crippen LogP contribution in [0.2, 0.25) is 0 Å². The smallest absolute Gasteiger partial charge is 0.305 e. The molecule has 0 radical (unpaired) electrons. The van der Waals surface area contributed by atoms with Gasteiger partial charge >= 0.3 is 5.97 Å². The standard InChI is InChI=1S/C13H19N3O3/c1-10-14-6-2-12(15-10)16-7-3-11(4-8-16)19-9-5-13(17)18/h2,6,11H,3-5,7-9H2,1H3,(H,17,18). The average Bonchev–Trinajstić information content (AvgIpc) is 2.39. The van der Waals surface area contributed by atoms with Gasteiger partial charge in [0.05, 0.1) is 19.1 Å². The van der Waals surface area contributed by atoms with Gasteiger partial charge < -0.3 is 14.7 Å². The first-order valence-corrected chi connectivity index (χ1v) is 6.53. The minimum Gasteiger partial charge on any atom is -0.481 e. The van der Waals surface area contributed by atoms with Crippen LogP contribution in [-0.4, -0.2) is 46.8 Å². The van der Waals surface area contributed by atoms with Crippen molar-refractivity contribution in [3.63, 3.8) is 0 Å². The van der Waals surface area contributed by atoms with Crippen LogP contribution in [0.15, 0.2) is 12.3 Å². The number of aromatic nitrogens is 2. The number of aryl methyl sites for hydroxylation is 1. The number of rotatable bonds is 5. The van der Waals surface area contributed by atoms with Crippen molar-refractivity contribution in [3.8, 4) is 0 Å². The Balaban J connectivity index is 1.77. The predicted octanol–water partition coefficient (Wildman–Crippen LogP) is 1.25. The largest absolute Gasteiger partial charge is 0.481 e. The molecule has 0 aliphatic carbocycles. The van der Waals surface area contributed by atoms with Gasteiger partial charge in [-0.2, -0.15) is 0 Å². The van der Waals surface area contributed by atoms with Crippen LogP contribution in [0, 0.1) is 6.92 Å². The van der Waals surface area contributed by atoms with Gasteiger partial charge in [0.15, 0.2) is 0 Å². The lowest BCUT2D eigenvalue weighted by atomic mass is 10.1. The number of anilines is 1. The van der Waals surface area contributed by atoms with E-state index in [0.717, 1.165) is 37.6 Å². The molecule has 0 unspecified atom stereocenters. The number of nitrogens with zero attached hydrogens (tertiary/aromatic N) is 3. The molecule has 0 amide bonds. The van der Waals surface area contributed by atoms with E-state index in [1.54, 1.807) is 6.20 Å². The third-order valence-electron chi connectivity index (χ3n) is 3.20. The van der Waals surface area contributed by atoms with Crippen molar-refractivity contribution in [2.45, 2.75) is 32.3 Å². The molecule has 1 aromatic heterocycles. The topological polar surface area (TPSA) is 75.6 Å². The SMILES string of the molecule is Cc1nccc(N2CCC(OCCC(=O)O)CC2)n1. The summed E-state index contributed by atoms with van der Waals surface area (Å²) in [6, 6.07) is 1.92. The van der Waals surface area contributed by atoms with Gasteiger partial charge in [-0.15, -0.1) is 0 Å². The maximum atomic E-state index is 10.4.